The second-order valence-electron chi connectivity index (χ2n) is 8.66. The van der Waals surface area contributed by atoms with E-state index in [9.17, 15) is 10.1 Å². The summed E-state index contributed by atoms with van der Waals surface area (Å²) < 4.78 is 1.62. The van der Waals surface area contributed by atoms with Crippen molar-refractivity contribution in [1.82, 2.24) is 9.78 Å². The molecule has 0 unspecified atom stereocenters. The first kappa shape index (κ1) is 25.0. The lowest BCUT2D eigenvalue weighted by Crippen LogP contribution is -2.19. The Kier molecular flexibility index (Phi) is 8.04. The lowest BCUT2D eigenvalue weighted by atomic mass is 10.0. The van der Waals surface area contributed by atoms with Crippen LogP contribution < -0.4 is 10.2 Å². The molecule has 0 bridgehead atoms. The third-order valence-electron chi connectivity index (χ3n) is 6.01. The molecule has 0 spiro atoms. The van der Waals surface area contributed by atoms with Crippen molar-refractivity contribution in [2.75, 3.05) is 30.4 Å². The Labute approximate surface area is 216 Å². The van der Waals surface area contributed by atoms with Crippen LogP contribution in [0.3, 0.4) is 0 Å². The highest BCUT2D eigenvalue weighted by atomic mass is 35.5. The molecule has 3 aromatic carbocycles. The largest absolute Gasteiger partial charge is 0.375 e. The van der Waals surface area contributed by atoms with Gasteiger partial charge < -0.3 is 10.2 Å². The zero-order chi connectivity index (χ0) is 25.5. The molecular weight excluding hydrogens is 470 g/mol. The highest BCUT2D eigenvalue weighted by Crippen LogP contribution is 2.26. The van der Waals surface area contributed by atoms with Crippen molar-refractivity contribution in [3.05, 3.63) is 106 Å². The van der Waals surface area contributed by atoms with E-state index in [2.05, 4.69) is 40.6 Å². The second kappa shape index (κ2) is 11.6. The maximum atomic E-state index is 13.3. The molecule has 36 heavy (non-hydrogen) atoms. The monoisotopic (exact) mass is 497 g/mol. The Morgan fingerprint density at radius 2 is 1.72 bits per heavy atom. The van der Waals surface area contributed by atoms with Gasteiger partial charge in [-0.25, -0.2) is 4.68 Å². The second-order valence-corrected chi connectivity index (χ2v) is 9.09. The van der Waals surface area contributed by atoms with Crippen molar-refractivity contribution >= 4 is 28.9 Å². The summed E-state index contributed by atoms with van der Waals surface area (Å²) in [5.74, 6) is 0.221. The summed E-state index contributed by atoms with van der Waals surface area (Å²) in [4.78, 5) is 15.5. The number of hydrogen-bond acceptors (Lipinski definition) is 5. The molecule has 0 saturated heterocycles. The molecule has 6 nitrogen and oxygen atoms in total. The number of carbonyl (C=O) groups excluding carboxylic acids is 1. The first-order valence-corrected chi connectivity index (χ1v) is 12.3. The van der Waals surface area contributed by atoms with Gasteiger partial charge in [0.25, 0.3) is 0 Å². The van der Waals surface area contributed by atoms with E-state index in [1.807, 2.05) is 49.4 Å². The minimum Gasteiger partial charge on any atom is -0.375 e. The number of carbonyl (C=O) groups is 1. The molecule has 1 heterocycles. The molecule has 0 atom stereocenters. The number of hydrogen-bond donors (Lipinski definition) is 1. The Hall–Kier alpha value is -4.08. The predicted octanol–water partition coefficient (Wildman–Crippen LogP) is 6.27. The summed E-state index contributed by atoms with van der Waals surface area (Å²) in [5, 5.41) is 18.6. The summed E-state index contributed by atoms with van der Waals surface area (Å²) in [7, 11) is 2.08. The van der Waals surface area contributed by atoms with Crippen molar-refractivity contribution in [3.8, 4) is 11.8 Å². The third-order valence-corrected chi connectivity index (χ3v) is 6.26. The molecule has 1 aromatic heterocycles. The van der Waals surface area contributed by atoms with Crippen LogP contribution in [-0.2, 0) is 0 Å². The van der Waals surface area contributed by atoms with Gasteiger partial charge in [0.1, 0.15) is 17.5 Å². The van der Waals surface area contributed by atoms with Crippen molar-refractivity contribution in [1.29, 1.82) is 5.26 Å². The average molecular weight is 498 g/mol. The first-order chi connectivity index (χ1) is 17.5. The van der Waals surface area contributed by atoms with Crippen LogP contribution in [0.15, 0.2) is 78.9 Å². The number of unbranched alkanes of at least 4 members (excludes halogenated alkanes) is 1. The Morgan fingerprint density at radius 1 is 1.03 bits per heavy atom. The van der Waals surface area contributed by atoms with Gasteiger partial charge >= 0.3 is 0 Å². The smallest absolute Gasteiger partial charge is 0.214 e. The van der Waals surface area contributed by atoms with Crippen LogP contribution in [0.5, 0.6) is 0 Å². The van der Waals surface area contributed by atoms with Gasteiger partial charge in [0.05, 0.1) is 5.69 Å². The predicted molar refractivity (Wildman–Crippen MR) is 145 cm³/mol. The van der Waals surface area contributed by atoms with Crippen molar-refractivity contribution in [3.63, 3.8) is 0 Å². The van der Waals surface area contributed by atoms with Crippen LogP contribution >= 0.6 is 11.6 Å². The fourth-order valence-corrected chi connectivity index (χ4v) is 4.08. The summed E-state index contributed by atoms with van der Waals surface area (Å²) in [6.07, 6.45) is 1.85. The van der Waals surface area contributed by atoms with Crippen LogP contribution in [0.25, 0.3) is 5.69 Å². The topological polar surface area (TPSA) is 74.0 Å². The van der Waals surface area contributed by atoms with Gasteiger partial charge in [-0.3, -0.25) is 4.79 Å². The SMILES string of the molecule is Cc1ccc(C(=O)c2nn(-c3ccc(Cl)cc3)c(NCCCCN(C)c3ccccc3)c2C#N)cc1. The number of nitrogens with one attached hydrogen (secondary N) is 1. The van der Waals surface area contributed by atoms with Crippen molar-refractivity contribution in [2.24, 2.45) is 0 Å². The number of aryl methyl sites for hydroxylation is 1. The molecule has 0 saturated carbocycles. The maximum Gasteiger partial charge on any atom is 0.214 e. The Bertz CT molecular complexity index is 1360. The van der Waals surface area contributed by atoms with Gasteiger partial charge in [0.15, 0.2) is 5.69 Å². The molecule has 182 valence electrons. The number of ketones is 1. The van der Waals surface area contributed by atoms with Gasteiger partial charge in [-0.05, 0) is 56.2 Å². The zero-order valence-electron chi connectivity index (χ0n) is 20.4. The molecule has 0 aliphatic rings. The van der Waals surface area contributed by atoms with E-state index in [0.717, 1.165) is 24.9 Å². The molecule has 4 aromatic rings. The lowest BCUT2D eigenvalue weighted by Gasteiger charge is -2.19. The molecule has 0 aliphatic carbocycles. The number of aromatic nitrogens is 2. The van der Waals surface area contributed by atoms with E-state index in [1.54, 1.807) is 28.9 Å². The fourth-order valence-electron chi connectivity index (χ4n) is 3.95. The first-order valence-electron chi connectivity index (χ1n) is 11.9. The van der Waals surface area contributed by atoms with E-state index in [0.29, 0.717) is 28.6 Å². The quantitative estimate of drug-likeness (QED) is 0.206. The van der Waals surface area contributed by atoms with Crippen molar-refractivity contribution in [2.45, 2.75) is 19.8 Å². The average Bonchev–Trinajstić information content (AvgIpc) is 3.27. The molecule has 7 heteroatoms. The molecule has 1 N–H and O–H groups in total. The molecular formula is C29H28ClN5O. The molecule has 0 amide bonds. The van der Waals surface area contributed by atoms with Crippen LogP contribution in [-0.4, -0.2) is 35.7 Å². The fraction of sp³-hybridized carbons (Fsp3) is 0.207. The van der Waals surface area contributed by atoms with Crippen LogP contribution in [0, 0.1) is 18.3 Å². The molecule has 0 fully saturated rings. The Morgan fingerprint density at radius 3 is 2.39 bits per heavy atom. The van der Waals surface area contributed by atoms with E-state index in [4.69, 9.17) is 11.6 Å². The number of nitrogens with zero attached hydrogens (tertiary/aromatic N) is 4. The van der Waals surface area contributed by atoms with E-state index >= 15 is 0 Å². The number of benzene rings is 3. The lowest BCUT2D eigenvalue weighted by molar-refractivity contribution is 0.103. The van der Waals surface area contributed by atoms with Gasteiger partial charge in [0.2, 0.25) is 5.78 Å². The van der Waals surface area contributed by atoms with Gasteiger partial charge in [0, 0.05) is 36.4 Å². The third kappa shape index (κ3) is 5.76. The number of nitriles is 1. The maximum absolute atomic E-state index is 13.3. The number of rotatable bonds is 10. The highest BCUT2D eigenvalue weighted by Gasteiger charge is 2.25. The Balaban J connectivity index is 1.54. The molecule has 0 radical (unpaired) electrons. The van der Waals surface area contributed by atoms with E-state index in [-0.39, 0.29) is 17.0 Å². The summed E-state index contributed by atoms with van der Waals surface area (Å²) in [6, 6.07) is 26.9. The van der Waals surface area contributed by atoms with Gasteiger partial charge in [-0.1, -0.05) is 59.6 Å². The van der Waals surface area contributed by atoms with Crippen LogP contribution in [0.1, 0.15) is 40.0 Å². The summed E-state index contributed by atoms with van der Waals surface area (Å²) in [6.45, 7) is 3.50. The van der Waals surface area contributed by atoms with Crippen LogP contribution in [0.2, 0.25) is 5.02 Å². The zero-order valence-corrected chi connectivity index (χ0v) is 21.2. The summed E-state index contributed by atoms with van der Waals surface area (Å²) in [5.41, 5.74) is 3.80. The number of anilines is 2. The van der Waals surface area contributed by atoms with Crippen molar-refractivity contribution < 1.29 is 4.79 Å². The number of para-hydroxylation sites is 1. The van der Waals surface area contributed by atoms with Gasteiger partial charge in [-0.2, -0.15) is 10.4 Å². The minimum absolute atomic E-state index is 0.127. The minimum atomic E-state index is -0.285. The molecule has 0 aliphatic heterocycles. The van der Waals surface area contributed by atoms with Gasteiger partial charge in [-0.15, -0.1) is 0 Å². The molecule has 4 rings (SSSR count). The van der Waals surface area contributed by atoms with E-state index < -0.39 is 0 Å². The van der Waals surface area contributed by atoms with Crippen LogP contribution in [0.4, 0.5) is 11.5 Å². The highest BCUT2D eigenvalue weighted by molar-refractivity contribution is 6.30. The van der Waals surface area contributed by atoms with E-state index in [1.165, 1.54) is 5.69 Å². The number of halogens is 1. The summed E-state index contributed by atoms with van der Waals surface area (Å²) >= 11 is 6.08. The standard InChI is InChI=1S/C29H28ClN5O/c1-21-10-12-22(13-11-21)28(36)27-26(20-31)29(35(33-27)25-16-14-23(30)15-17-25)32-18-6-7-19-34(2)24-8-4-3-5-9-24/h3-5,8-17,32H,6-7,18-19H2,1-2H3. The normalized spacial score (nSPS) is 10.6.